The lowest BCUT2D eigenvalue weighted by atomic mass is 9.77. The Balaban J connectivity index is 1.84. The van der Waals surface area contributed by atoms with Gasteiger partial charge in [-0.25, -0.2) is 0 Å². The number of nitrogens with zero attached hydrogens (tertiary/aromatic N) is 1. The second-order valence-electron chi connectivity index (χ2n) is 6.37. The van der Waals surface area contributed by atoms with Crippen molar-refractivity contribution in [1.29, 1.82) is 0 Å². The quantitative estimate of drug-likeness (QED) is 0.832. The van der Waals surface area contributed by atoms with Crippen molar-refractivity contribution in [2.24, 2.45) is 5.92 Å². The molecule has 3 heteroatoms. The molecule has 110 valence electrons. The molecule has 2 aliphatic rings. The first-order valence-electron chi connectivity index (χ1n) is 7.91. The zero-order chi connectivity index (χ0) is 14.1. The van der Waals surface area contributed by atoms with E-state index in [0.29, 0.717) is 11.8 Å². The Labute approximate surface area is 130 Å². The van der Waals surface area contributed by atoms with Crippen molar-refractivity contribution in [3.8, 4) is 5.75 Å². The van der Waals surface area contributed by atoms with E-state index in [-0.39, 0.29) is 0 Å². The third-order valence-corrected chi connectivity index (χ3v) is 5.72. The topological polar surface area (TPSA) is 23.5 Å². The highest BCUT2D eigenvalue weighted by Gasteiger charge is 2.36. The number of phenols is 1. The van der Waals surface area contributed by atoms with Gasteiger partial charge in [0, 0.05) is 22.1 Å². The molecule has 3 atom stereocenters. The molecule has 0 bridgehead atoms. The second kappa shape index (κ2) is 6.07. The van der Waals surface area contributed by atoms with E-state index >= 15 is 0 Å². The number of hydrogen-bond acceptors (Lipinski definition) is 2. The van der Waals surface area contributed by atoms with E-state index < -0.39 is 0 Å². The molecule has 0 spiro atoms. The Morgan fingerprint density at radius 3 is 2.80 bits per heavy atom. The highest BCUT2D eigenvalue weighted by Crippen LogP contribution is 2.41. The van der Waals surface area contributed by atoms with E-state index in [4.69, 9.17) is 0 Å². The predicted molar refractivity (Wildman–Crippen MR) is 85.9 cm³/mol. The molecule has 0 amide bonds. The number of fused-ring (bicyclic) bond motifs is 1. The van der Waals surface area contributed by atoms with Gasteiger partial charge in [0.1, 0.15) is 5.75 Å². The fourth-order valence-electron chi connectivity index (χ4n) is 4.18. The van der Waals surface area contributed by atoms with Crippen molar-refractivity contribution >= 4 is 15.9 Å². The summed E-state index contributed by atoms with van der Waals surface area (Å²) in [5.41, 5.74) is 1.06. The van der Waals surface area contributed by atoms with Gasteiger partial charge in [-0.1, -0.05) is 28.8 Å². The Morgan fingerprint density at radius 1 is 1.20 bits per heavy atom. The molecular formula is C17H24BrNO. The van der Waals surface area contributed by atoms with Crippen LogP contribution in [0.25, 0.3) is 0 Å². The number of rotatable bonds is 2. The minimum atomic E-state index is 0.304. The molecule has 3 rings (SSSR count). The van der Waals surface area contributed by atoms with Crippen LogP contribution >= 0.6 is 15.9 Å². The summed E-state index contributed by atoms with van der Waals surface area (Å²) in [5, 5.41) is 10.2. The van der Waals surface area contributed by atoms with E-state index in [1.165, 1.54) is 45.1 Å². The lowest BCUT2D eigenvalue weighted by Gasteiger charge is -2.47. The maximum absolute atomic E-state index is 10.2. The van der Waals surface area contributed by atoms with Gasteiger partial charge in [-0.15, -0.1) is 0 Å². The van der Waals surface area contributed by atoms with Crippen LogP contribution in [0.3, 0.4) is 0 Å². The summed E-state index contributed by atoms with van der Waals surface area (Å²) in [6.45, 7) is 3.42. The molecule has 20 heavy (non-hydrogen) atoms. The standard InChI is InChI=1S/C17H24BrNO/c1-12(15-11-14(18)8-9-17(15)20)19-10-4-6-13-5-2-3-7-16(13)19/h8-9,11-13,16,20H,2-7,10H2,1H3/t12?,13-,16-/m1/s1. The van der Waals surface area contributed by atoms with E-state index in [1.54, 1.807) is 6.07 Å². The molecule has 2 fully saturated rings. The smallest absolute Gasteiger partial charge is 0.120 e. The number of likely N-dealkylation sites (tertiary alicyclic amines) is 1. The van der Waals surface area contributed by atoms with E-state index in [0.717, 1.165) is 22.0 Å². The van der Waals surface area contributed by atoms with Crippen molar-refractivity contribution < 1.29 is 5.11 Å². The molecule has 1 aromatic carbocycles. The van der Waals surface area contributed by atoms with Gasteiger partial charge in [-0.2, -0.15) is 0 Å². The van der Waals surface area contributed by atoms with Crippen LogP contribution in [0.15, 0.2) is 22.7 Å². The molecule has 1 saturated carbocycles. The summed E-state index contributed by atoms with van der Waals surface area (Å²) in [6.07, 6.45) is 8.22. The predicted octanol–water partition coefficient (Wildman–Crippen LogP) is 4.87. The van der Waals surface area contributed by atoms with Gasteiger partial charge in [0.25, 0.3) is 0 Å². The van der Waals surface area contributed by atoms with Crippen molar-refractivity contribution in [3.05, 3.63) is 28.2 Å². The molecular weight excluding hydrogens is 314 g/mol. The average molecular weight is 338 g/mol. The summed E-state index contributed by atoms with van der Waals surface area (Å²) in [5.74, 6) is 1.31. The van der Waals surface area contributed by atoms with Crippen LogP contribution in [0.4, 0.5) is 0 Å². The zero-order valence-electron chi connectivity index (χ0n) is 12.2. The van der Waals surface area contributed by atoms with Gasteiger partial charge >= 0.3 is 0 Å². The summed E-state index contributed by atoms with van der Waals surface area (Å²) in [6, 6.07) is 6.82. The molecule has 1 aliphatic heterocycles. The minimum Gasteiger partial charge on any atom is -0.508 e. The third-order valence-electron chi connectivity index (χ3n) is 5.22. The molecule has 0 aromatic heterocycles. The van der Waals surface area contributed by atoms with Crippen LogP contribution in [-0.4, -0.2) is 22.6 Å². The number of piperidine rings is 1. The Morgan fingerprint density at radius 2 is 1.95 bits per heavy atom. The van der Waals surface area contributed by atoms with Crippen molar-refractivity contribution in [2.45, 2.75) is 57.5 Å². The third kappa shape index (κ3) is 2.75. The summed E-state index contributed by atoms with van der Waals surface area (Å²) in [4.78, 5) is 2.65. The van der Waals surface area contributed by atoms with Gasteiger partial charge in [0.2, 0.25) is 0 Å². The summed E-state index contributed by atoms with van der Waals surface area (Å²) < 4.78 is 1.05. The van der Waals surface area contributed by atoms with E-state index in [1.807, 2.05) is 6.07 Å². The molecule has 1 saturated heterocycles. The number of aromatic hydroxyl groups is 1. The molecule has 2 nitrogen and oxygen atoms in total. The summed E-state index contributed by atoms with van der Waals surface area (Å²) in [7, 11) is 0. The van der Waals surface area contributed by atoms with Crippen molar-refractivity contribution in [3.63, 3.8) is 0 Å². The number of halogens is 1. The van der Waals surface area contributed by atoms with Crippen LogP contribution in [-0.2, 0) is 0 Å². The van der Waals surface area contributed by atoms with E-state index in [2.05, 4.69) is 33.8 Å². The fourth-order valence-corrected chi connectivity index (χ4v) is 4.56. The molecule has 0 radical (unpaired) electrons. The molecule has 1 aromatic rings. The van der Waals surface area contributed by atoms with Crippen LogP contribution < -0.4 is 0 Å². The fraction of sp³-hybridized carbons (Fsp3) is 0.647. The first-order chi connectivity index (χ1) is 9.66. The second-order valence-corrected chi connectivity index (χ2v) is 7.29. The van der Waals surface area contributed by atoms with Crippen LogP contribution in [0, 0.1) is 5.92 Å². The van der Waals surface area contributed by atoms with Gasteiger partial charge in [0.15, 0.2) is 0 Å². The van der Waals surface area contributed by atoms with Crippen molar-refractivity contribution in [2.75, 3.05) is 6.54 Å². The highest BCUT2D eigenvalue weighted by molar-refractivity contribution is 9.10. The number of phenolic OH excluding ortho intramolecular Hbond substituents is 1. The van der Waals surface area contributed by atoms with Crippen LogP contribution in [0.1, 0.15) is 57.1 Å². The average Bonchev–Trinajstić information content (AvgIpc) is 2.48. The first-order valence-corrected chi connectivity index (χ1v) is 8.70. The van der Waals surface area contributed by atoms with Gasteiger partial charge < -0.3 is 5.11 Å². The lowest BCUT2D eigenvalue weighted by Crippen LogP contribution is -2.47. The normalized spacial score (nSPS) is 28.9. The molecule has 1 N–H and O–H groups in total. The van der Waals surface area contributed by atoms with Gasteiger partial charge in [0.05, 0.1) is 0 Å². The summed E-state index contributed by atoms with van der Waals surface area (Å²) >= 11 is 3.53. The molecule has 1 heterocycles. The molecule has 1 aliphatic carbocycles. The monoisotopic (exact) mass is 337 g/mol. The Kier molecular flexibility index (Phi) is 4.37. The largest absolute Gasteiger partial charge is 0.508 e. The number of benzene rings is 1. The first kappa shape index (κ1) is 14.4. The zero-order valence-corrected chi connectivity index (χ0v) is 13.8. The van der Waals surface area contributed by atoms with Crippen molar-refractivity contribution in [1.82, 2.24) is 4.90 Å². The van der Waals surface area contributed by atoms with Crippen LogP contribution in [0.2, 0.25) is 0 Å². The maximum Gasteiger partial charge on any atom is 0.120 e. The Hall–Kier alpha value is -0.540. The van der Waals surface area contributed by atoms with E-state index in [9.17, 15) is 5.11 Å². The number of hydrogen-bond donors (Lipinski definition) is 1. The SMILES string of the molecule is CC(c1cc(Br)ccc1O)N1CCC[C@H]2CCCC[C@H]21. The van der Waals surface area contributed by atoms with Crippen LogP contribution in [0.5, 0.6) is 5.75 Å². The maximum atomic E-state index is 10.2. The molecule has 1 unspecified atom stereocenters. The lowest BCUT2D eigenvalue weighted by molar-refractivity contribution is 0.0301. The highest BCUT2D eigenvalue weighted by atomic mass is 79.9. The Bertz CT molecular complexity index is 474. The van der Waals surface area contributed by atoms with Gasteiger partial charge in [-0.05, 0) is 63.3 Å². The van der Waals surface area contributed by atoms with Gasteiger partial charge in [-0.3, -0.25) is 4.90 Å². The minimum absolute atomic E-state index is 0.304.